The minimum absolute atomic E-state index is 0.203. The van der Waals surface area contributed by atoms with Crippen LogP contribution >= 0.6 is 0 Å². The molecule has 0 amide bonds. The van der Waals surface area contributed by atoms with E-state index in [2.05, 4.69) is 0 Å². The van der Waals surface area contributed by atoms with Gasteiger partial charge in [-0.2, -0.15) is 0 Å². The van der Waals surface area contributed by atoms with Crippen LogP contribution in [0.3, 0.4) is 0 Å². The highest BCUT2D eigenvalue weighted by Crippen LogP contribution is 2.22. The van der Waals surface area contributed by atoms with Gasteiger partial charge in [0.15, 0.2) is 6.10 Å². The molecule has 0 aliphatic carbocycles. The fraction of sp³-hybridized carbons (Fsp3) is 0.417. The lowest BCUT2D eigenvalue weighted by atomic mass is 10.2. The predicted octanol–water partition coefficient (Wildman–Crippen LogP) is 1.95. The molecule has 0 aromatic heterocycles. The summed E-state index contributed by atoms with van der Waals surface area (Å²) in [5.74, 6) is -1.36. The maximum Gasteiger partial charge on any atom is 0.344 e. The molecule has 0 radical (unpaired) electrons. The van der Waals surface area contributed by atoms with Gasteiger partial charge in [0.1, 0.15) is 11.6 Å². The molecule has 0 fully saturated rings. The molecule has 2 N–H and O–H groups in total. The minimum atomic E-state index is -1.07. The lowest BCUT2D eigenvalue weighted by molar-refractivity contribution is -0.145. The molecule has 0 heterocycles. The van der Waals surface area contributed by atoms with Crippen molar-refractivity contribution in [3.05, 3.63) is 29.6 Å². The van der Waals surface area contributed by atoms with Gasteiger partial charge in [0.2, 0.25) is 0 Å². The van der Waals surface area contributed by atoms with Crippen molar-refractivity contribution >= 4 is 5.97 Å². The summed E-state index contributed by atoms with van der Waals surface area (Å²) < 4.78 is 18.2. The highest BCUT2D eigenvalue weighted by molar-refractivity contribution is 5.72. The third-order valence-corrected chi connectivity index (χ3v) is 2.29. The Balaban J connectivity index is 2.88. The normalized spacial score (nSPS) is 12.2. The predicted molar refractivity (Wildman–Crippen MR) is 59.3 cm³/mol. The van der Waals surface area contributed by atoms with Crippen molar-refractivity contribution < 1.29 is 24.1 Å². The lowest BCUT2D eigenvalue weighted by Gasteiger charge is -2.16. The fourth-order valence-corrected chi connectivity index (χ4v) is 1.43. The lowest BCUT2D eigenvalue weighted by Crippen LogP contribution is -2.27. The van der Waals surface area contributed by atoms with Gasteiger partial charge in [-0.05, 0) is 24.6 Å². The zero-order valence-corrected chi connectivity index (χ0v) is 9.52. The summed E-state index contributed by atoms with van der Waals surface area (Å²) >= 11 is 0. The number of carboxylic acid groups (broad SMARTS) is 1. The minimum Gasteiger partial charge on any atom is -0.479 e. The number of hydrogen-bond acceptors (Lipinski definition) is 3. The Kier molecular flexibility index (Phi) is 4.90. The molecule has 1 unspecified atom stereocenters. The van der Waals surface area contributed by atoms with Crippen LogP contribution in [0.1, 0.15) is 25.3 Å². The van der Waals surface area contributed by atoms with Gasteiger partial charge in [-0.3, -0.25) is 0 Å². The molecular weight excluding hydrogens is 227 g/mol. The summed E-state index contributed by atoms with van der Waals surface area (Å²) in [5.41, 5.74) is 0.243. The van der Waals surface area contributed by atoms with Gasteiger partial charge >= 0.3 is 5.97 Å². The second-order valence-electron chi connectivity index (χ2n) is 3.64. The maximum absolute atomic E-state index is 12.9. The van der Waals surface area contributed by atoms with E-state index >= 15 is 0 Å². The van der Waals surface area contributed by atoms with E-state index in [1.807, 2.05) is 6.92 Å². The SMILES string of the molecule is CCCC(Oc1ccc(F)cc1CO)C(=O)O. The Hall–Kier alpha value is -1.62. The molecule has 0 saturated heterocycles. The van der Waals surface area contributed by atoms with Gasteiger partial charge in [-0.15, -0.1) is 0 Å². The quantitative estimate of drug-likeness (QED) is 0.800. The Morgan fingerprint density at radius 2 is 2.24 bits per heavy atom. The third kappa shape index (κ3) is 3.71. The molecule has 4 nitrogen and oxygen atoms in total. The molecule has 1 atom stereocenters. The van der Waals surface area contributed by atoms with Crippen LogP contribution in [0, 0.1) is 5.82 Å². The zero-order valence-electron chi connectivity index (χ0n) is 9.52. The summed E-state index contributed by atoms with van der Waals surface area (Å²) in [7, 11) is 0. The first kappa shape index (κ1) is 13.4. The van der Waals surface area contributed by atoms with Gasteiger partial charge in [0.05, 0.1) is 6.61 Å². The Morgan fingerprint density at radius 1 is 1.53 bits per heavy atom. The van der Waals surface area contributed by atoms with Crippen LogP contribution in [0.4, 0.5) is 4.39 Å². The van der Waals surface area contributed by atoms with Gasteiger partial charge < -0.3 is 14.9 Å². The van der Waals surface area contributed by atoms with Crippen LogP contribution in [-0.4, -0.2) is 22.3 Å². The van der Waals surface area contributed by atoms with Gasteiger partial charge in [-0.1, -0.05) is 13.3 Å². The number of ether oxygens (including phenoxy) is 1. The third-order valence-electron chi connectivity index (χ3n) is 2.29. The Bertz CT molecular complexity index is 392. The first-order valence-electron chi connectivity index (χ1n) is 5.37. The first-order chi connectivity index (χ1) is 8.08. The van der Waals surface area contributed by atoms with Crippen LogP contribution in [0.25, 0.3) is 0 Å². The number of aliphatic carboxylic acids is 1. The number of halogens is 1. The summed E-state index contributed by atoms with van der Waals surface area (Å²) in [6, 6.07) is 3.62. The monoisotopic (exact) mass is 242 g/mol. The Labute approximate surface area is 98.7 Å². The van der Waals surface area contributed by atoms with Crippen molar-refractivity contribution in [3.8, 4) is 5.75 Å². The second-order valence-corrected chi connectivity index (χ2v) is 3.64. The van der Waals surface area contributed by atoms with Crippen LogP contribution < -0.4 is 4.74 Å². The molecular formula is C12H15FO4. The van der Waals surface area contributed by atoms with E-state index in [1.54, 1.807) is 0 Å². The summed E-state index contributed by atoms with van der Waals surface area (Å²) in [5, 5.41) is 18.0. The highest BCUT2D eigenvalue weighted by atomic mass is 19.1. The molecule has 5 heteroatoms. The van der Waals surface area contributed by atoms with Crippen LogP contribution in [0.5, 0.6) is 5.75 Å². The van der Waals surface area contributed by atoms with Crippen molar-refractivity contribution in [1.29, 1.82) is 0 Å². The number of rotatable bonds is 6. The van der Waals surface area contributed by atoms with Crippen molar-refractivity contribution in [2.24, 2.45) is 0 Å². The summed E-state index contributed by atoms with van der Waals surface area (Å²) in [6.07, 6.45) is 0.0419. The molecule has 0 bridgehead atoms. The van der Waals surface area contributed by atoms with E-state index in [-0.39, 0.29) is 11.3 Å². The number of benzene rings is 1. The highest BCUT2D eigenvalue weighted by Gasteiger charge is 2.19. The number of carboxylic acids is 1. The first-order valence-corrected chi connectivity index (χ1v) is 5.37. The second kappa shape index (κ2) is 6.20. The van der Waals surface area contributed by atoms with E-state index in [1.165, 1.54) is 12.1 Å². The fourth-order valence-electron chi connectivity index (χ4n) is 1.43. The van der Waals surface area contributed by atoms with Gasteiger partial charge in [-0.25, -0.2) is 9.18 Å². The number of aliphatic hydroxyl groups is 1. The molecule has 1 rings (SSSR count). The molecule has 0 saturated carbocycles. The topological polar surface area (TPSA) is 66.8 Å². The van der Waals surface area contributed by atoms with Crippen LogP contribution in [-0.2, 0) is 11.4 Å². The zero-order chi connectivity index (χ0) is 12.8. The molecule has 0 aliphatic rings. The maximum atomic E-state index is 12.9. The molecule has 0 aliphatic heterocycles. The smallest absolute Gasteiger partial charge is 0.344 e. The van der Waals surface area contributed by atoms with E-state index < -0.39 is 24.5 Å². The Morgan fingerprint density at radius 3 is 2.76 bits per heavy atom. The molecule has 1 aromatic rings. The van der Waals surface area contributed by atoms with Crippen molar-refractivity contribution in [3.63, 3.8) is 0 Å². The molecule has 17 heavy (non-hydrogen) atoms. The number of aliphatic hydroxyl groups excluding tert-OH is 1. The van der Waals surface area contributed by atoms with Gasteiger partial charge in [0.25, 0.3) is 0 Å². The van der Waals surface area contributed by atoms with Crippen LogP contribution in [0.2, 0.25) is 0 Å². The van der Waals surface area contributed by atoms with E-state index in [0.29, 0.717) is 12.8 Å². The number of hydrogen-bond donors (Lipinski definition) is 2. The van der Waals surface area contributed by atoms with Crippen molar-refractivity contribution in [2.45, 2.75) is 32.5 Å². The standard InChI is InChI=1S/C12H15FO4/c1-2-3-11(12(15)16)17-10-5-4-9(13)6-8(10)7-14/h4-6,11,14H,2-3,7H2,1H3,(H,15,16). The van der Waals surface area contributed by atoms with Crippen LogP contribution in [0.15, 0.2) is 18.2 Å². The van der Waals surface area contributed by atoms with Crippen molar-refractivity contribution in [1.82, 2.24) is 0 Å². The largest absolute Gasteiger partial charge is 0.479 e. The van der Waals surface area contributed by atoms with Gasteiger partial charge in [0, 0.05) is 5.56 Å². The average Bonchev–Trinajstić information content (AvgIpc) is 2.30. The van der Waals surface area contributed by atoms with E-state index in [0.717, 1.165) is 6.07 Å². The molecule has 0 spiro atoms. The van der Waals surface area contributed by atoms with E-state index in [9.17, 15) is 9.18 Å². The van der Waals surface area contributed by atoms with Crippen molar-refractivity contribution in [2.75, 3.05) is 0 Å². The summed E-state index contributed by atoms with van der Waals surface area (Å²) in [6.45, 7) is 1.45. The average molecular weight is 242 g/mol. The van der Waals surface area contributed by atoms with E-state index in [4.69, 9.17) is 14.9 Å². The summed E-state index contributed by atoms with van der Waals surface area (Å²) in [4.78, 5) is 10.9. The molecule has 94 valence electrons. The molecule has 1 aromatic carbocycles. The number of carbonyl (C=O) groups is 1.